The van der Waals surface area contributed by atoms with Crippen molar-refractivity contribution in [2.24, 2.45) is 0 Å². The Bertz CT molecular complexity index is 277. The maximum atomic E-state index is 6.47. The van der Waals surface area contributed by atoms with Gasteiger partial charge < -0.3 is 8.85 Å². The molecule has 0 radical (unpaired) electrons. The number of hydrogen-bond donors (Lipinski definition) is 0. The van der Waals surface area contributed by atoms with E-state index in [9.17, 15) is 0 Å². The van der Waals surface area contributed by atoms with Gasteiger partial charge in [-0.15, -0.1) is 0 Å². The van der Waals surface area contributed by atoms with Crippen LogP contribution >= 0.6 is 0 Å². The fourth-order valence-corrected chi connectivity index (χ4v) is 4.79. The minimum absolute atomic E-state index is 0.209. The number of rotatable bonds is 4. The van der Waals surface area contributed by atoms with E-state index in [-0.39, 0.29) is 10.1 Å². The summed E-state index contributed by atoms with van der Waals surface area (Å²) in [5, 5.41) is 0.419. The molecular formula is C15H36O2Si2. The fraction of sp³-hybridized carbons (Fsp3) is 1.00. The Morgan fingerprint density at radius 3 is 0.895 bits per heavy atom. The smallest absolute Gasteiger partial charge is 0.195 e. The van der Waals surface area contributed by atoms with Gasteiger partial charge in [0, 0.05) is 0 Å². The van der Waals surface area contributed by atoms with Crippen LogP contribution in [0.25, 0.3) is 0 Å². The van der Waals surface area contributed by atoms with Gasteiger partial charge in [0.2, 0.25) is 0 Å². The van der Waals surface area contributed by atoms with Crippen molar-refractivity contribution in [1.82, 2.24) is 0 Å². The lowest BCUT2D eigenvalue weighted by Gasteiger charge is -2.47. The van der Waals surface area contributed by atoms with Crippen LogP contribution in [0, 0.1) is 0 Å². The minimum Gasteiger partial charge on any atom is -0.391 e. The van der Waals surface area contributed by atoms with Gasteiger partial charge >= 0.3 is 0 Å². The zero-order valence-electron chi connectivity index (χ0n) is 15.3. The zero-order chi connectivity index (χ0) is 15.9. The van der Waals surface area contributed by atoms with Crippen LogP contribution in [0.15, 0.2) is 0 Å². The van der Waals surface area contributed by atoms with E-state index in [1.54, 1.807) is 0 Å². The Morgan fingerprint density at radius 1 is 0.526 bits per heavy atom. The molecule has 0 rings (SSSR count). The van der Waals surface area contributed by atoms with E-state index in [0.29, 0.717) is 0 Å². The average Bonchev–Trinajstić information content (AvgIpc) is 1.93. The fourth-order valence-electron chi connectivity index (χ4n) is 1.56. The first-order chi connectivity index (χ1) is 7.91. The van der Waals surface area contributed by atoms with Gasteiger partial charge in [-0.3, -0.25) is 0 Å². The molecule has 0 heterocycles. The van der Waals surface area contributed by atoms with Gasteiger partial charge in [-0.25, -0.2) is 0 Å². The van der Waals surface area contributed by atoms with Crippen molar-refractivity contribution in [2.45, 2.75) is 97.4 Å². The first kappa shape index (κ1) is 19.4. The van der Waals surface area contributed by atoms with Crippen molar-refractivity contribution in [1.29, 1.82) is 0 Å². The molecule has 116 valence electrons. The van der Waals surface area contributed by atoms with Crippen LogP contribution in [0.5, 0.6) is 0 Å². The first-order valence-corrected chi connectivity index (χ1v) is 13.1. The summed E-state index contributed by atoms with van der Waals surface area (Å²) in [6.07, 6.45) is 0. The Kier molecular flexibility index (Phi) is 5.38. The van der Waals surface area contributed by atoms with Crippen LogP contribution in [0.3, 0.4) is 0 Å². The summed E-state index contributed by atoms with van der Waals surface area (Å²) >= 11 is 0. The largest absolute Gasteiger partial charge is 0.391 e. The highest BCUT2D eigenvalue weighted by molar-refractivity contribution is 6.75. The maximum Gasteiger partial charge on any atom is 0.195 e. The molecule has 0 aliphatic rings. The molecule has 19 heavy (non-hydrogen) atoms. The molecule has 0 N–H and O–H groups in total. The molecule has 0 unspecified atom stereocenters. The van der Waals surface area contributed by atoms with Gasteiger partial charge in [0.05, 0.1) is 0 Å². The second-order valence-corrected chi connectivity index (χ2v) is 18.6. The van der Waals surface area contributed by atoms with Crippen LogP contribution < -0.4 is 0 Å². The van der Waals surface area contributed by atoms with Crippen LogP contribution in [0.1, 0.15) is 55.4 Å². The van der Waals surface area contributed by atoms with E-state index < -0.39 is 22.4 Å². The van der Waals surface area contributed by atoms with Crippen molar-refractivity contribution < 1.29 is 8.85 Å². The predicted molar refractivity (Wildman–Crippen MR) is 90.6 cm³/mol. The molecule has 0 amide bonds. The molecule has 0 aliphatic heterocycles. The molecule has 0 atom stereocenters. The van der Waals surface area contributed by atoms with Crippen LogP contribution in [0.2, 0.25) is 36.3 Å². The van der Waals surface area contributed by atoms with Crippen LogP contribution in [-0.2, 0) is 8.85 Å². The minimum atomic E-state index is -1.80. The highest BCUT2D eigenvalue weighted by Crippen LogP contribution is 2.43. The normalized spacial score (nSPS) is 15.8. The van der Waals surface area contributed by atoms with E-state index in [1.165, 1.54) is 0 Å². The molecule has 0 aliphatic carbocycles. The van der Waals surface area contributed by atoms with E-state index in [2.05, 4.69) is 81.6 Å². The van der Waals surface area contributed by atoms with E-state index in [1.807, 2.05) is 0 Å². The summed E-state index contributed by atoms with van der Waals surface area (Å²) in [7, 11) is -3.60. The summed E-state index contributed by atoms with van der Waals surface area (Å²) in [4.78, 5) is 0. The molecular weight excluding hydrogens is 268 g/mol. The molecule has 2 nitrogen and oxygen atoms in total. The van der Waals surface area contributed by atoms with E-state index in [4.69, 9.17) is 8.85 Å². The molecule has 0 aromatic heterocycles. The lowest BCUT2D eigenvalue weighted by molar-refractivity contribution is -0.102. The highest BCUT2D eigenvalue weighted by atomic mass is 28.4. The molecule has 0 saturated heterocycles. The first-order valence-electron chi connectivity index (χ1n) is 7.32. The van der Waals surface area contributed by atoms with E-state index >= 15 is 0 Å². The molecule has 0 saturated carbocycles. The summed E-state index contributed by atoms with van der Waals surface area (Å²) < 4.78 is 12.9. The lowest BCUT2D eigenvalue weighted by Crippen LogP contribution is -2.54. The zero-order valence-corrected chi connectivity index (χ0v) is 17.3. The second-order valence-electron chi connectivity index (χ2n) is 9.12. The second kappa shape index (κ2) is 5.28. The van der Waals surface area contributed by atoms with Gasteiger partial charge in [-0.1, -0.05) is 41.5 Å². The maximum absolute atomic E-state index is 6.47. The average molecular weight is 305 g/mol. The van der Waals surface area contributed by atoms with Crippen molar-refractivity contribution in [3.8, 4) is 0 Å². The molecule has 0 aromatic rings. The topological polar surface area (TPSA) is 18.5 Å². The van der Waals surface area contributed by atoms with Gasteiger partial charge in [0.25, 0.3) is 0 Å². The molecule has 0 fully saturated rings. The van der Waals surface area contributed by atoms with Crippen LogP contribution in [0.4, 0.5) is 0 Å². The SMILES string of the molecule is CC(C)(O[Si](C)(C)C(C)(C)C)O[Si](C)(C)C(C)(C)C. The van der Waals surface area contributed by atoms with Gasteiger partial charge in [-0.05, 0) is 50.1 Å². The quantitative estimate of drug-likeness (QED) is 0.485. The summed E-state index contributed by atoms with van der Waals surface area (Å²) in [5.41, 5.74) is 0. The lowest BCUT2D eigenvalue weighted by atomic mass is 10.2. The highest BCUT2D eigenvalue weighted by Gasteiger charge is 2.46. The van der Waals surface area contributed by atoms with Crippen molar-refractivity contribution in [3.63, 3.8) is 0 Å². The van der Waals surface area contributed by atoms with Crippen molar-refractivity contribution in [3.05, 3.63) is 0 Å². The molecule has 0 aromatic carbocycles. The molecule has 4 heteroatoms. The Labute approximate surface area is 123 Å². The van der Waals surface area contributed by atoms with Crippen molar-refractivity contribution in [2.75, 3.05) is 0 Å². The van der Waals surface area contributed by atoms with Crippen molar-refractivity contribution >= 4 is 16.6 Å². The van der Waals surface area contributed by atoms with Crippen LogP contribution in [-0.4, -0.2) is 22.4 Å². The van der Waals surface area contributed by atoms with E-state index in [0.717, 1.165) is 0 Å². The molecule has 0 bridgehead atoms. The third-order valence-corrected chi connectivity index (χ3v) is 13.8. The Morgan fingerprint density at radius 2 is 0.737 bits per heavy atom. The third kappa shape index (κ3) is 5.33. The summed E-state index contributed by atoms with van der Waals surface area (Å²) in [5.74, 6) is -0.494. The van der Waals surface area contributed by atoms with Gasteiger partial charge in [-0.2, -0.15) is 0 Å². The third-order valence-electron chi connectivity index (χ3n) is 4.61. The molecule has 0 spiro atoms. The summed E-state index contributed by atoms with van der Waals surface area (Å²) in [6.45, 7) is 26.9. The van der Waals surface area contributed by atoms with Gasteiger partial charge in [0.15, 0.2) is 16.6 Å². The van der Waals surface area contributed by atoms with Gasteiger partial charge in [0.1, 0.15) is 5.79 Å². The standard InChI is InChI=1S/C15H36O2Si2/c1-13(2,3)18(9,10)16-15(7,8)17-19(11,12)14(4,5)6/h1-12H3. The monoisotopic (exact) mass is 304 g/mol. The predicted octanol–water partition coefficient (Wildman–Crippen LogP) is 5.77. The Balaban J connectivity index is 5.03. The number of hydrogen-bond acceptors (Lipinski definition) is 2. The summed E-state index contributed by atoms with van der Waals surface area (Å²) in [6, 6.07) is 0. The Hall–Kier alpha value is 0.354.